The van der Waals surface area contributed by atoms with Crippen molar-refractivity contribution in [3.05, 3.63) is 59.9 Å². The molecule has 0 amide bonds. The van der Waals surface area contributed by atoms with E-state index in [9.17, 15) is 5.11 Å². The normalized spacial score (nSPS) is 14.6. The van der Waals surface area contributed by atoms with E-state index in [0.29, 0.717) is 18.2 Å². The van der Waals surface area contributed by atoms with Crippen molar-refractivity contribution in [2.75, 3.05) is 38.1 Å². The summed E-state index contributed by atoms with van der Waals surface area (Å²) in [7, 11) is 1.81. The monoisotopic (exact) mass is 434 g/mol. The van der Waals surface area contributed by atoms with E-state index in [1.54, 1.807) is 6.07 Å². The number of nitrogens with zero attached hydrogens (tertiary/aromatic N) is 5. The van der Waals surface area contributed by atoms with Crippen molar-refractivity contribution in [1.29, 1.82) is 0 Å². The third-order valence-electron chi connectivity index (χ3n) is 5.58. The van der Waals surface area contributed by atoms with Crippen LogP contribution in [0.1, 0.15) is 24.7 Å². The van der Waals surface area contributed by atoms with Crippen LogP contribution in [-0.2, 0) is 13.0 Å². The van der Waals surface area contributed by atoms with Crippen LogP contribution < -0.4 is 10.2 Å². The number of aliphatic imine (C=N–C) groups is 1. The Labute approximate surface area is 188 Å². The van der Waals surface area contributed by atoms with Gasteiger partial charge in [0.25, 0.3) is 5.89 Å². The van der Waals surface area contributed by atoms with Gasteiger partial charge in [0.2, 0.25) is 0 Å². The Morgan fingerprint density at radius 1 is 1.12 bits per heavy atom. The third-order valence-corrected chi connectivity index (χ3v) is 5.58. The van der Waals surface area contributed by atoms with Crippen molar-refractivity contribution in [3.63, 3.8) is 0 Å². The molecule has 0 atom stereocenters. The molecule has 2 aromatic carbocycles. The van der Waals surface area contributed by atoms with E-state index in [1.165, 1.54) is 0 Å². The molecule has 32 heavy (non-hydrogen) atoms. The molecule has 1 aromatic heterocycles. The molecule has 1 aliphatic heterocycles. The van der Waals surface area contributed by atoms with Crippen LogP contribution in [0, 0.1) is 0 Å². The predicted octanol–water partition coefficient (Wildman–Crippen LogP) is 3.29. The van der Waals surface area contributed by atoms with Gasteiger partial charge in [-0.1, -0.05) is 36.3 Å². The Morgan fingerprint density at radius 3 is 2.69 bits per heavy atom. The highest BCUT2D eigenvalue weighted by atomic mass is 16.5. The average molecular weight is 435 g/mol. The molecule has 0 aliphatic carbocycles. The summed E-state index contributed by atoms with van der Waals surface area (Å²) in [6.45, 7) is 6.05. The van der Waals surface area contributed by atoms with Gasteiger partial charge in [0, 0.05) is 51.8 Å². The molecule has 0 saturated carbocycles. The Bertz CT molecular complexity index is 1060. The molecule has 0 unspecified atom stereocenters. The molecular weight excluding hydrogens is 404 g/mol. The van der Waals surface area contributed by atoms with Gasteiger partial charge in [0.1, 0.15) is 5.75 Å². The second kappa shape index (κ2) is 10.2. The molecule has 1 aliphatic rings. The van der Waals surface area contributed by atoms with Gasteiger partial charge in [-0.15, -0.1) is 0 Å². The Hall–Kier alpha value is -3.55. The zero-order chi connectivity index (χ0) is 22.3. The first-order chi connectivity index (χ1) is 15.7. The molecule has 0 spiro atoms. The minimum Gasteiger partial charge on any atom is -0.506 e. The number of hydrogen-bond donors (Lipinski definition) is 2. The van der Waals surface area contributed by atoms with Crippen molar-refractivity contribution in [1.82, 2.24) is 20.4 Å². The summed E-state index contributed by atoms with van der Waals surface area (Å²) in [6, 6.07) is 15.6. The lowest BCUT2D eigenvalue weighted by atomic mass is 10.1. The predicted molar refractivity (Wildman–Crippen MR) is 126 cm³/mol. The number of para-hydroxylation sites is 2. The fraction of sp³-hybridized carbons (Fsp3) is 0.375. The quantitative estimate of drug-likeness (QED) is 0.454. The van der Waals surface area contributed by atoms with Gasteiger partial charge < -0.3 is 24.7 Å². The molecule has 0 bridgehead atoms. The van der Waals surface area contributed by atoms with Crippen LogP contribution in [-0.4, -0.2) is 59.3 Å². The van der Waals surface area contributed by atoms with Gasteiger partial charge >= 0.3 is 0 Å². The van der Waals surface area contributed by atoms with Crippen molar-refractivity contribution in [3.8, 4) is 17.2 Å². The number of aromatic nitrogens is 2. The maximum absolute atomic E-state index is 10.1. The fourth-order valence-corrected chi connectivity index (χ4v) is 3.91. The van der Waals surface area contributed by atoms with Gasteiger partial charge in [-0.2, -0.15) is 4.98 Å². The van der Waals surface area contributed by atoms with Crippen molar-refractivity contribution in [2.45, 2.75) is 26.3 Å². The maximum atomic E-state index is 10.1. The summed E-state index contributed by atoms with van der Waals surface area (Å²) in [4.78, 5) is 13.4. The Kier molecular flexibility index (Phi) is 6.89. The van der Waals surface area contributed by atoms with E-state index in [-0.39, 0.29) is 0 Å². The summed E-state index contributed by atoms with van der Waals surface area (Å²) < 4.78 is 5.42. The lowest BCUT2D eigenvalue weighted by Crippen LogP contribution is -2.52. The average Bonchev–Trinajstić information content (AvgIpc) is 3.30. The summed E-state index contributed by atoms with van der Waals surface area (Å²) >= 11 is 0. The summed E-state index contributed by atoms with van der Waals surface area (Å²) in [5.41, 5.74) is 2.92. The number of hydrogen-bond acceptors (Lipinski definition) is 6. The highest BCUT2D eigenvalue weighted by molar-refractivity contribution is 5.80. The van der Waals surface area contributed by atoms with Crippen LogP contribution in [0.2, 0.25) is 0 Å². The topological polar surface area (TPSA) is 90.0 Å². The molecule has 1 fully saturated rings. The van der Waals surface area contributed by atoms with Crippen molar-refractivity contribution in [2.24, 2.45) is 4.99 Å². The number of benzene rings is 2. The Morgan fingerprint density at radius 2 is 1.94 bits per heavy atom. The molecule has 1 saturated heterocycles. The number of phenolic OH excluding ortho intramolecular Hbond substituents is 1. The molecule has 2 heterocycles. The van der Waals surface area contributed by atoms with Gasteiger partial charge in [-0.3, -0.25) is 4.99 Å². The van der Waals surface area contributed by atoms with Gasteiger partial charge in [0.05, 0.1) is 5.69 Å². The fourth-order valence-electron chi connectivity index (χ4n) is 3.91. The van der Waals surface area contributed by atoms with Gasteiger partial charge in [-0.25, -0.2) is 0 Å². The SMILES string of the molecule is CCCc1noc(-c2cccc(CNC(=NC)N3CCN(c4ccccc4O)CC3)c2)n1. The van der Waals surface area contributed by atoms with E-state index in [1.807, 2.05) is 37.4 Å². The lowest BCUT2D eigenvalue weighted by molar-refractivity contribution is 0.369. The number of piperazine rings is 1. The molecule has 2 N–H and O–H groups in total. The van der Waals surface area contributed by atoms with Gasteiger partial charge in [-0.05, 0) is 36.2 Å². The Balaban J connectivity index is 1.34. The summed E-state index contributed by atoms with van der Waals surface area (Å²) in [6.07, 6.45) is 1.81. The molecule has 168 valence electrons. The number of aromatic hydroxyl groups is 1. The molecule has 8 nitrogen and oxygen atoms in total. The number of rotatable bonds is 6. The zero-order valence-corrected chi connectivity index (χ0v) is 18.7. The molecule has 8 heteroatoms. The van der Waals surface area contributed by atoms with Gasteiger partial charge in [0.15, 0.2) is 11.8 Å². The van der Waals surface area contributed by atoms with Crippen LogP contribution in [0.4, 0.5) is 5.69 Å². The molecule has 3 aromatic rings. The highest BCUT2D eigenvalue weighted by Crippen LogP contribution is 2.27. The number of anilines is 1. The third kappa shape index (κ3) is 5.01. The highest BCUT2D eigenvalue weighted by Gasteiger charge is 2.21. The lowest BCUT2D eigenvalue weighted by Gasteiger charge is -2.37. The summed E-state index contributed by atoms with van der Waals surface area (Å²) in [5.74, 6) is 2.50. The maximum Gasteiger partial charge on any atom is 0.257 e. The first kappa shape index (κ1) is 21.7. The number of nitrogens with one attached hydrogen (secondary N) is 1. The number of phenols is 1. The van der Waals surface area contributed by atoms with Crippen LogP contribution >= 0.6 is 0 Å². The second-order valence-corrected chi connectivity index (χ2v) is 7.83. The number of guanidine groups is 1. The summed E-state index contributed by atoms with van der Waals surface area (Å²) in [5, 5.41) is 17.6. The van der Waals surface area contributed by atoms with Crippen LogP contribution in [0.25, 0.3) is 11.5 Å². The van der Waals surface area contributed by atoms with E-state index in [0.717, 1.165) is 67.6 Å². The zero-order valence-electron chi connectivity index (χ0n) is 18.7. The van der Waals surface area contributed by atoms with Crippen LogP contribution in [0.3, 0.4) is 0 Å². The minimum absolute atomic E-state index is 0.325. The van der Waals surface area contributed by atoms with E-state index in [2.05, 4.69) is 49.3 Å². The first-order valence-electron chi connectivity index (χ1n) is 11.1. The van der Waals surface area contributed by atoms with E-state index >= 15 is 0 Å². The van der Waals surface area contributed by atoms with E-state index < -0.39 is 0 Å². The standard InChI is InChI=1S/C24H30N6O2/c1-3-7-22-27-23(32-28-22)19-9-6-8-18(16-19)17-26-24(25-2)30-14-12-29(13-15-30)20-10-4-5-11-21(20)31/h4-6,8-11,16,31H,3,7,12-15,17H2,1-2H3,(H,25,26). The van der Waals surface area contributed by atoms with Crippen molar-refractivity contribution < 1.29 is 9.63 Å². The minimum atomic E-state index is 0.325. The van der Waals surface area contributed by atoms with E-state index in [4.69, 9.17) is 4.52 Å². The van der Waals surface area contributed by atoms with Crippen LogP contribution in [0.15, 0.2) is 58.0 Å². The second-order valence-electron chi connectivity index (χ2n) is 7.83. The molecule has 4 rings (SSSR count). The molecule has 0 radical (unpaired) electrons. The van der Waals surface area contributed by atoms with Crippen LogP contribution in [0.5, 0.6) is 5.75 Å². The molecular formula is C24H30N6O2. The van der Waals surface area contributed by atoms with Crippen molar-refractivity contribution >= 4 is 11.6 Å². The largest absolute Gasteiger partial charge is 0.506 e. The number of aryl methyl sites for hydroxylation is 1. The first-order valence-corrected chi connectivity index (χ1v) is 11.1. The smallest absolute Gasteiger partial charge is 0.257 e.